The molecule has 0 aliphatic heterocycles. The van der Waals surface area contributed by atoms with Gasteiger partial charge in [-0.25, -0.2) is 0 Å². The maximum Gasteiger partial charge on any atom is 0.0998 e. The third-order valence-electron chi connectivity index (χ3n) is 4.61. The van der Waals surface area contributed by atoms with E-state index in [4.69, 9.17) is 5.73 Å². The van der Waals surface area contributed by atoms with Crippen molar-refractivity contribution < 1.29 is 0 Å². The second-order valence-electron chi connectivity index (χ2n) is 5.85. The molecular formula is C18H21N3. The first-order valence-electron chi connectivity index (χ1n) is 7.72. The molecule has 0 amide bonds. The summed E-state index contributed by atoms with van der Waals surface area (Å²) in [4.78, 5) is 0. The van der Waals surface area contributed by atoms with Crippen LogP contribution in [0.2, 0.25) is 0 Å². The van der Waals surface area contributed by atoms with Crippen molar-refractivity contribution in [1.29, 1.82) is 5.26 Å². The Balaban J connectivity index is 1.95. The number of anilines is 1. The van der Waals surface area contributed by atoms with Gasteiger partial charge in [0.1, 0.15) is 0 Å². The summed E-state index contributed by atoms with van der Waals surface area (Å²) in [7, 11) is 0. The van der Waals surface area contributed by atoms with E-state index in [1.54, 1.807) is 0 Å². The molecule has 0 heterocycles. The molecule has 1 aliphatic carbocycles. The van der Waals surface area contributed by atoms with E-state index in [0.29, 0.717) is 18.5 Å². The number of hydrogen-bond acceptors (Lipinski definition) is 3. The molecular weight excluding hydrogens is 258 g/mol. The molecule has 3 N–H and O–H groups in total. The van der Waals surface area contributed by atoms with E-state index in [2.05, 4.69) is 17.5 Å². The number of nitriles is 1. The lowest BCUT2D eigenvalue weighted by atomic mass is 9.96. The Morgan fingerprint density at radius 1 is 1.14 bits per heavy atom. The molecule has 2 aromatic rings. The van der Waals surface area contributed by atoms with Crippen molar-refractivity contribution in [2.75, 3.05) is 11.9 Å². The molecule has 0 spiro atoms. The van der Waals surface area contributed by atoms with Crippen LogP contribution >= 0.6 is 0 Å². The molecule has 2 aromatic carbocycles. The van der Waals surface area contributed by atoms with Crippen LogP contribution in [0.3, 0.4) is 0 Å². The number of nitrogens with zero attached hydrogens (tertiary/aromatic N) is 1. The minimum atomic E-state index is 0.323. The normalized spacial score (nSPS) is 16.8. The maximum atomic E-state index is 9.24. The minimum Gasteiger partial charge on any atom is -0.380 e. The van der Waals surface area contributed by atoms with Crippen LogP contribution in [0.5, 0.6) is 0 Å². The third-order valence-corrected chi connectivity index (χ3v) is 4.61. The van der Waals surface area contributed by atoms with Crippen molar-refractivity contribution in [3.8, 4) is 6.07 Å². The van der Waals surface area contributed by atoms with Gasteiger partial charge in [0.15, 0.2) is 0 Å². The molecule has 3 heteroatoms. The molecule has 3 nitrogen and oxygen atoms in total. The second-order valence-corrected chi connectivity index (χ2v) is 5.85. The summed E-state index contributed by atoms with van der Waals surface area (Å²) in [5, 5.41) is 15.0. The Kier molecular flexibility index (Phi) is 4.08. The van der Waals surface area contributed by atoms with Crippen LogP contribution < -0.4 is 11.1 Å². The minimum absolute atomic E-state index is 0.323. The van der Waals surface area contributed by atoms with Gasteiger partial charge >= 0.3 is 0 Å². The zero-order valence-electron chi connectivity index (χ0n) is 12.2. The van der Waals surface area contributed by atoms with Gasteiger partial charge in [0.05, 0.1) is 11.6 Å². The lowest BCUT2D eigenvalue weighted by Gasteiger charge is -2.25. The maximum absolute atomic E-state index is 9.24. The van der Waals surface area contributed by atoms with Crippen molar-refractivity contribution in [3.63, 3.8) is 0 Å². The number of benzene rings is 2. The first-order valence-corrected chi connectivity index (χ1v) is 7.72. The number of rotatable bonds is 4. The van der Waals surface area contributed by atoms with E-state index >= 15 is 0 Å². The molecule has 0 saturated heterocycles. The van der Waals surface area contributed by atoms with Crippen molar-refractivity contribution in [3.05, 3.63) is 42.0 Å². The molecule has 21 heavy (non-hydrogen) atoms. The average molecular weight is 279 g/mol. The van der Waals surface area contributed by atoms with Crippen molar-refractivity contribution in [2.24, 2.45) is 11.7 Å². The predicted octanol–water partition coefficient (Wildman–Crippen LogP) is 3.64. The largest absolute Gasteiger partial charge is 0.380 e. The zero-order chi connectivity index (χ0) is 14.7. The molecule has 1 atom stereocenters. The summed E-state index contributed by atoms with van der Waals surface area (Å²) in [6.07, 6.45) is 5.17. The molecule has 1 unspecified atom stereocenters. The number of nitrogens with two attached hydrogens (primary N) is 1. The summed E-state index contributed by atoms with van der Waals surface area (Å²) in [6, 6.07) is 14.6. The van der Waals surface area contributed by atoms with Crippen LogP contribution in [0.15, 0.2) is 36.4 Å². The van der Waals surface area contributed by atoms with E-state index in [0.717, 1.165) is 22.0 Å². The highest BCUT2D eigenvalue weighted by molar-refractivity contribution is 5.97. The highest BCUT2D eigenvalue weighted by Crippen LogP contribution is 2.32. The molecule has 1 fully saturated rings. The summed E-state index contributed by atoms with van der Waals surface area (Å²) in [5.41, 5.74) is 7.80. The van der Waals surface area contributed by atoms with Crippen LogP contribution in [0.4, 0.5) is 5.69 Å². The second kappa shape index (κ2) is 6.15. The first kappa shape index (κ1) is 13.9. The van der Waals surface area contributed by atoms with Gasteiger partial charge in [0.25, 0.3) is 0 Å². The molecule has 1 saturated carbocycles. The van der Waals surface area contributed by atoms with Gasteiger partial charge in [-0.1, -0.05) is 37.1 Å². The number of fused-ring (bicyclic) bond motifs is 1. The van der Waals surface area contributed by atoms with Crippen molar-refractivity contribution in [1.82, 2.24) is 0 Å². The number of nitrogens with one attached hydrogen (secondary N) is 1. The van der Waals surface area contributed by atoms with E-state index in [1.165, 1.54) is 25.7 Å². The summed E-state index contributed by atoms with van der Waals surface area (Å²) >= 11 is 0. The van der Waals surface area contributed by atoms with Crippen LogP contribution in [0.25, 0.3) is 10.8 Å². The summed E-state index contributed by atoms with van der Waals surface area (Å²) < 4.78 is 0. The van der Waals surface area contributed by atoms with Gasteiger partial charge in [-0.2, -0.15) is 5.26 Å². The SMILES string of the molecule is N#Cc1ccc(NC(CN)C2CCCC2)c2ccccc12. The highest BCUT2D eigenvalue weighted by Gasteiger charge is 2.24. The third kappa shape index (κ3) is 2.72. The van der Waals surface area contributed by atoms with Gasteiger partial charge < -0.3 is 11.1 Å². The fourth-order valence-electron chi connectivity index (χ4n) is 3.45. The molecule has 0 bridgehead atoms. The van der Waals surface area contributed by atoms with Gasteiger partial charge in [0, 0.05) is 29.0 Å². The Bertz CT molecular complexity index is 666. The molecule has 3 rings (SSSR count). The van der Waals surface area contributed by atoms with Crippen LogP contribution in [-0.4, -0.2) is 12.6 Å². The lowest BCUT2D eigenvalue weighted by molar-refractivity contribution is 0.462. The van der Waals surface area contributed by atoms with E-state index in [1.807, 2.05) is 30.3 Å². The smallest absolute Gasteiger partial charge is 0.0998 e. The highest BCUT2D eigenvalue weighted by atomic mass is 14.9. The first-order chi connectivity index (χ1) is 10.3. The van der Waals surface area contributed by atoms with Gasteiger partial charge in [-0.15, -0.1) is 0 Å². The summed E-state index contributed by atoms with van der Waals surface area (Å²) in [6.45, 7) is 0.652. The average Bonchev–Trinajstić information content (AvgIpc) is 3.06. The monoisotopic (exact) mass is 279 g/mol. The Hall–Kier alpha value is -2.05. The van der Waals surface area contributed by atoms with Crippen LogP contribution in [-0.2, 0) is 0 Å². The molecule has 1 aliphatic rings. The topological polar surface area (TPSA) is 61.8 Å². The standard InChI is InChI=1S/C18H21N3/c19-11-14-9-10-17(16-8-4-3-7-15(14)16)21-18(12-20)13-5-1-2-6-13/h3-4,7-10,13,18,21H,1-2,5-6,12,20H2. The van der Waals surface area contributed by atoms with Crippen molar-refractivity contribution in [2.45, 2.75) is 31.7 Å². The fraction of sp³-hybridized carbons (Fsp3) is 0.389. The molecule has 0 aromatic heterocycles. The van der Waals surface area contributed by atoms with E-state index in [9.17, 15) is 5.26 Å². The van der Waals surface area contributed by atoms with Gasteiger partial charge in [-0.3, -0.25) is 0 Å². The lowest BCUT2D eigenvalue weighted by Crippen LogP contribution is -2.35. The fourth-order valence-corrected chi connectivity index (χ4v) is 3.45. The summed E-state index contributed by atoms with van der Waals surface area (Å²) in [5.74, 6) is 0.671. The predicted molar refractivity (Wildman–Crippen MR) is 87.1 cm³/mol. The zero-order valence-corrected chi connectivity index (χ0v) is 12.2. The Labute approximate surface area is 125 Å². The van der Waals surface area contributed by atoms with Gasteiger partial charge in [0.2, 0.25) is 0 Å². The van der Waals surface area contributed by atoms with E-state index < -0.39 is 0 Å². The van der Waals surface area contributed by atoms with Gasteiger partial charge in [-0.05, 0) is 30.9 Å². The molecule has 0 radical (unpaired) electrons. The molecule has 108 valence electrons. The quantitative estimate of drug-likeness (QED) is 0.898. The van der Waals surface area contributed by atoms with Crippen molar-refractivity contribution >= 4 is 16.5 Å². The van der Waals surface area contributed by atoms with E-state index in [-0.39, 0.29) is 0 Å². The number of hydrogen-bond donors (Lipinski definition) is 2. The van der Waals surface area contributed by atoms with Crippen LogP contribution in [0.1, 0.15) is 31.2 Å². The van der Waals surface area contributed by atoms with Crippen LogP contribution in [0, 0.1) is 17.2 Å². The Morgan fingerprint density at radius 2 is 1.86 bits per heavy atom. The Morgan fingerprint density at radius 3 is 2.52 bits per heavy atom.